The van der Waals surface area contributed by atoms with E-state index in [-0.39, 0.29) is 0 Å². The van der Waals surface area contributed by atoms with Crippen molar-refractivity contribution < 1.29 is 0 Å². The highest BCUT2D eigenvalue weighted by atomic mass is 15.2. The monoisotopic (exact) mass is 226 g/mol. The summed E-state index contributed by atoms with van der Waals surface area (Å²) in [5.41, 5.74) is 0. The van der Waals surface area contributed by atoms with Crippen molar-refractivity contribution in [2.45, 2.75) is 71.4 Å². The Morgan fingerprint density at radius 2 is 1.75 bits per heavy atom. The summed E-state index contributed by atoms with van der Waals surface area (Å²) in [4.78, 5) is 2.69. The summed E-state index contributed by atoms with van der Waals surface area (Å²) in [5.74, 6) is 0. The van der Waals surface area contributed by atoms with E-state index in [9.17, 15) is 0 Å². The van der Waals surface area contributed by atoms with Crippen LogP contribution in [0.15, 0.2) is 0 Å². The van der Waals surface area contributed by atoms with Crippen molar-refractivity contribution in [3.8, 4) is 0 Å². The van der Waals surface area contributed by atoms with E-state index >= 15 is 0 Å². The van der Waals surface area contributed by atoms with Crippen LogP contribution >= 0.6 is 0 Å². The number of unbranched alkanes of at least 4 members (excludes halogenated alkanes) is 1. The predicted octanol–water partition coefficient (Wildman–Crippen LogP) is 3.03. The van der Waals surface area contributed by atoms with Crippen molar-refractivity contribution >= 4 is 0 Å². The lowest BCUT2D eigenvalue weighted by molar-refractivity contribution is 0.136. The van der Waals surface area contributed by atoms with Crippen LogP contribution in [0.1, 0.15) is 59.3 Å². The fraction of sp³-hybridized carbons (Fsp3) is 1.00. The molecule has 0 atom stereocenters. The van der Waals surface area contributed by atoms with Gasteiger partial charge in [-0.2, -0.15) is 0 Å². The zero-order valence-corrected chi connectivity index (χ0v) is 11.5. The second-order valence-corrected chi connectivity index (χ2v) is 5.09. The van der Waals surface area contributed by atoms with Gasteiger partial charge in [0.05, 0.1) is 0 Å². The summed E-state index contributed by atoms with van der Waals surface area (Å²) >= 11 is 0. The van der Waals surface area contributed by atoms with Crippen LogP contribution in [0, 0.1) is 0 Å². The van der Waals surface area contributed by atoms with E-state index in [0.717, 1.165) is 12.1 Å². The minimum absolute atomic E-state index is 0.789. The molecule has 1 aliphatic heterocycles. The number of likely N-dealkylation sites (tertiary alicyclic amines) is 1. The maximum atomic E-state index is 3.69. The fourth-order valence-electron chi connectivity index (χ4n) is 2.76. The summed E-state index contributed by atoms with van der Waals surface area (Å²) in [7, 11) is 0. The molecule has 0 amide bonds. The molecule has 2 nitrogen and oxygen atoms in total. The third-order valence-electron chi connectivity index (χ3n) is 3.95. The number of nitrogens with one attached hydrogen (secondary N) is 1. The molecule has 1 fully saturated rings. The molecule has 0 unspecified atom stereocenters. The molecule has 0 aliphatic carbocycles. The lowest BCUT2D eigenvalue weighted by Gasteiger charge is -2.37. The first-order valence-corrected chi connectivity index (χ1v) is 7.29. The van der Waals surface area contributed by atoms with E-state index in [0.29, 0.717) is 0 Å². The van der Waals surface area contributed by atoms with Crippen LogP contribution in [-0.2, 0) is 0 Å². The highest BCUT2D eigenvalue weighted by Crippen LogP contribution is 2.16. The van der Waals surface area contributed by atoms with Gasteiger partial charge in [0.15, 0.2) is 0 Å². The molecule has 0 spiro atoms. The van der Waals surface area contributed by atoms with Crippen molar-refractivity contribution in [2.24, 2.45) is 0 Å². The Balaban J connectivity index is 2.17. The maximum absolute atomic E-state index is 3.69. The number of rotatable bonds is 7. The van der Waals surface area contributed by atoms with Crippen molar-refractivity contribution in [3.05, 3.63) is 0 Å². The highest BCUT2D eigenvalue weighted by molar-refractivity contribution is 4.80. The zero-order chi connectivity index (χ0) is 11.8. The quantitative estimate of drug-likeness (QED) is 0.671. The van der Waals surface area contributed by atoms with Crippen LogP contribution in [-0.4, -0.2) is 36.6 Å². The molecule has 2 heteroatoms. The Morgan fingerprint density at radius 3 is 2.25 bits per heavy atom. The van der Waals surface area contributed by atoms with Gasteiger partial charge < -0.3 is 10.2 Å². The summed E-state index contributed by atoms with van der Waals surface area (Å²) in [6, 6.07) is 1.62. The van der Waals surface area contributed by atoms with Crippen LogP contribution in [0.25, 0.3) is 0 Å². The van der Waals surface area contributed by atoms with Gasteiger partial charge in [-0.15, -0.1) is 0 Å². The van der Waals surface area contributed by atoms with Gasteiger partial charge in [0.1, 0.15) is 0 Å². The number of hydrogen-bond donors (Lipinski definition) is 1. The molecule has 0 radical (unpaired) electrons. The van der Waals surface area contributed by atoms with Gasteiger partial charge in [0.25, 0.3) is 0 Å². The lowest BCUT2D eigenvalue weighted by Crippen LogP contribution is -2.46. The Hall–Kier alpha value is -0.0800. The molecule has 0 saturated carbocycles. The Kier molecular flexibility index (Phi) is 7.06. The number of piperidine rings is 1. The van der Waals surface area contributed by atoms with Crippen LogP contribution in [0.5, 0.6) is 0 Å². The van der Waals surface area contributed by atoms with Crippen LogP contribution in [0.3, 0.4) is 0 Å². The zero-order valence-electron chi connectivity index (χ0n) is 11.5. The largest absolute Gasteiger partial charge is 0.314 e. The minimum Gasteiger partial charge on any atom is -0.314 e. The lowest BCUT2D eigenvalue weighted by atomic mass is 10.0. The first-order valence-electron chi connectivity index (χ1n) is 7.29. The van der Waals surface area contributed by atoms with E-state index in [1.807, 2.05) is 0 Å². The van der Waals surface area contributed by atoms with Gasteiger partial charge in [-0.3, -0.25) is 0 Å². The molecular formula is C14H30N2. The summed E-state index contributed by atoms with van der Waals surface area (Å²) in [6.45, 7) is 10.7. The summed E-state index contributed by atoms with van der Waals surface area (Å²) in [5, 5.41) is 3.69. The molecule has 0 aromatic carbocycles. The molecule has 1 saturated heterocycles. The topological polar surface area (TPSA) is 15.3 Å². The average Bonchev–Trinajstić information content (AvgIpc) is 2.33. The van der Waals surface area contributed by atoms with Crippen LogP contribution < -0.4 is 5.32 Å². The van der Waals surface area contributed by atoms with Gasteiger partial charge in [0.2, 0.25) is 0 Å². The number of nitrogens with zero attached hydrogens (tertiary/aromatic N) is 1. The van der Waals surface area contributed by atoms with Crippen molar-refractivity contribution in [1.82, 2.24) is 10.2 Å². The van der Waals surface area contributed by atoms with Gasteiger partial charge in [-0.05, 0) is 51.7 Å². The first kappa shape index (κ1) is 14.0. The molecular weight excluding hydrogens is 196 g/mol. The molecule has 1 rings (SSSR count). The molecule has 1 aliphatic rings. The Labute approximate surface area is 102 Å². The second-order valence-electron chi connectivity index (χ2n) is 5.09. The van der Waals surface area contributed by atoms with Gasteiger partial charge in [0, 0.05) is 12.1 Å². The molecule has 0 bridgehead atoms. The van der Waals surface area contributed by atoms with Gasteiger partial charge in [-0.1, -0.05) is 27.2 Å². The summed E-state index contributed by atoms with van der Waals surface area (Å²) < 4.78 is 0. The smallest absolute Gasteiger partial charge is 0.00914 e. The van der Waals surface area contributed by atoms with E-state index in [2.05, 4.69) is 31.0 Å². The predicted molar refractivity (Wildman–Crippen MR) is 71.9 cm³/mol. The van der Waals surface area contributed by atoms with Crippen molar-refractivity contribution in [2.75, 3.05) is 19.6 Å². The molecule has 0 aromatic heterocycles. The second kappa shape index (κ2) is 8.08. The fourth-order valence-corrected chi connectivity index (χ4v) is 2.76. The van der Waals surface area contributed by atoms with Gasteiger partial charge >= 0.3 is 0 Å². The van der Waals surface area contributed by atoms with E-state index in [4.69, 9.17) is 0 Å². The summed E-state index contributed by atoms with van der Waals surface area (Å²) in [6.07, 6.45) is 7.95. The highest BCUT2D eigenvalue weighted by Gasteiger charge is 2.22. The van der Waals surface area contributed by atoms with Crippen molar-refractivity contribution in [1.29, 1.82) is 0 Å². The molecule has 0 aromatic rings. The van der Waals surface area contributed by atoms with E-state index < -0.39 is 0 Å². The van der Waals surface area contributed by atoms with Crippen LogP contribution in [0.2, 0.25) is 0 Å². The minimum atomic E-state index is 0.789. The maximum Gasteiger partial charge on any atom is 0.00914 e. The molecule has 16 heavy (non-hydrogen) atoms. The SMILES string of the molecule is CCCCNC1CCN(C(CC)CC)CC1. The normalized spacial score (nSPS) is 19.5. The van der Waals surface area contributed by atoms with Crippen LogP contribution in [0.4, 0.5) is 0 Å². The van der Waals surface area contributed by atoms with Gasteiger partial charge in [-0.25, -0.2) is 0 Å². The van der Waals surface area contributed by atoms with Crippen molar-refractivity contribution in [3.63, 3.8) is 0 Å². The Morgan fingerprint density at radius 1 is 1.12 bits per heavy atom. The molecule has 1 heterocycles. The third kappa shape index (κ3) is 4.42. The molecule has 1 N–H and O–H groups in total. The average molecular weight is 226 g/mol. The molecule has 96 valence electrons. The third-order valence-corrected chi connectivity index (χ3v) is 3.95. The Bertz CT molecular complexity index is 158. The van der Waals surface area contributed by atoms with E-state index in [1.54, 1.807) is 0 Å². The van der Waals surface area contributed by atoms with E-state index in [1.165, 1.54) is 58.2 Å². The standard InChI is InChI=1S/C14H30N2/c1-4-7-10-15-13-8-11-16(12-9-13)14(5-2)6-3/h13-15H,4-12H2,1-3H3. The first-order chi connectivity index (χ1) is 7.81. The number of hydrogen-bond acceptors (Lipinski definition) is 2.